The van der Waals surface area contributed by atoms with Crippen molar-refractivity contribution in [1.29, 1.82) is 0 Å². The van der Waals surface area contributed by atoms with Crippen LogP contribution in [0.5, 0.6) is 0 Å². The first-order valence-electron chi connectivity index (χ1n) is 8.79. The number of rotatable bonds is 4. The Morgan fingerprint density at radius 3 is 2.96 bits per heavy atom. The van der Waals surface area contributed by atoms with Crippen molar-refractivity contribution >= 4 is 34.0 Å². The van der Waals surface area contributed by atoms with E-state index in [9.17, 15) is 0 Å². The fourth-order valence-corrected chi connectivity index (χ4v) is 3.37. The molecular formula is C20H21ClN4O. The summed E-state index contributed by atoms with van der Waals surface area (Å²) >= 11 is 6.05. The van der Waals surface area contributed by atoms with Crippen LogP contribution in [-0.4, -0.2) is 35.8 Å². The smallest absolute Gasteiger partial charge is 0.128 e. The number of nitrogens with zero attached hydrogens (tertiary/aromatic N) is 3. The molecule has 0 radical (unpaired) electrons. The third-order valence-electron chi connectivity index (χ3n) is 4.56. The van der Waals surface area contributed by atoms with Crippen LogP contribution in [0.15, 0.2) is 48.8 Å². The van der Waals surface area contributed by atoms with Gasteiger partial charge in [-0.05, 0) is 42.8 Å². The highest BCUT2D eigenvalue weighted by atomic mass is 35.5. The Labute approximate surface area is 158 Å². The largest absolute Gasteiger partial charge is 0.380 e. The lowest BCUT2D eigenvalue weighted by molar-refractivity contribution is 0.0529. The van der Waals surface area contributed by atoms with E-state index in [0.29, 0.717) is 11.6 Å². The van der Waals surface area contributed by atoms with Gasteiger partial charge in [0.1, 0.15) is 5.82 Å². The Kier molecular flexibility index (Phi) is 4.91. The van der Waals surface area contributed by atoms with Crippen LogP contribution in [0.3, 0.4) is 0 Å². The van der Waals surface area contributed by atoms with Gasteiger partial charge in [0.2, 0.25) is 0 Å². The summed E-state index contributed by atoms with van der Waals surface area (Å²) in [6.07, 6.45) is 3.98. The second kappa shape index (κ2) is 7.48. The van der Waals surface area contributed by atoms with Gasteiger partial charge in [-0.25, -0.2) is 4.98 Å². The molecule has 1 aliphatic rings. The molecule has 1 saturated heterocycles. The van der Waals surface area contributed by atoms with Crippen LogP contribution in [0.2, 0.25) is 5.02 Å². The summed E-state index contributed by atoms with van der Waals surface area (Å²) in [4.78, 5) is 11.3. The lowest BCUT2D eigenvalue weighted by atomic mass is 10.2. The molecule has 3 heterocycles. The molecule has 0 bridgehead atoms. The Morgan fingerprint density at radius 2 is 2.15 bits per heavy atom. The van der Waals surface area contributed by atoms with Crippen LogP contribution < -0.4 is 10.2 Å². The second-order valence-electron chi connectivity index (χ2n) is 6.53. The van der Waals surface area contributed by atoms with E-state index in [1.165, 1.54) is 0 Å². The summed E-state index contributed by atoms with van der Waals surface area (Å²) in [5.41, 5.74) is 3.06. The van der Waals surface area contributed by atoms with Crippen molar-refractivity contribution in [3.05, 3.63) is 59.4 Å². The van der Waals surface area contributed by atoms with Crippen LogP contribution in [0, 0.1) is 0 Å². The maximum Gasteiger partial charge on any atom is 0.128 e. The molecule has 1 N–H and O–H groups in total. The fourth-order valence-electron chi connectivity index (χ4n) is 3.21. The van der Waals surface area contributed by atoms with E-state index in [-0.39, 0.29) is 6.10 Å². The highest BCUT2D eigenvalue weighted by molar-refractivity contribution is 6.31. The van der Waals surface area contributed by atoms with Crippen molar-refractivity contribution in [3.8, 4) is 0 Å². The van der Waals surface area contributed by atoms with Crippen molar-refractivity contribution in [2.24, 2.45) is 0 Å². The highest BCUT2D eigenvalue weighted by Gasteiger charge is 2.17. The van der Waals surface area contributed by atoms with Gasteiger partial charge >= 0.3 is 0 Å². The maximum atomic E-state index is 6.05. The van der Waals surface area contributed by atoms with E-state index in [4.69, 9.17) is 16.3 Å². The summed E-state index contributed by atoms with van der Waals surface area (Å²) < 4.78 is 5.59. The van der Waals surface area contributed by atoms with E-state index in [1.807, 2.05) is 30.5 Å². The van der Waals surface area contributed by atoms with E-state index in [2.05, 4.69) is 39.2 Å². The van der Waals surface area contributed by atoms with E-state index in [1.54, 1.807) is 6.20 Å². The number of ether oxygens (including phenoxy) is 1. The van der Waals surface area contributed by atoms with Crippen molar-refractivity contribution in [3.63, 3.8) is 0 Å². The second-order valence-corrected chi connectivity index (χ2v) is 6.96. The molecule has 1 aliphatic heterocycles. The summed E-state index contributed by atoms with van der Waals surface area (Å²) in [7, 11) is 0. The summed E-state index contributed by atoms with van der Waals surface area (Å²) in [5.74, 6) is 1.01. The minimum atomic E-state index is 0.250. The number of aromatic nitrogens is 2. The molecule has 0 amide bonds. The van der Waals surface area contributed by atoms with Crippen LogP contribution in [-0.2, 0) is 11.3 Å². The molecule has 26 heavy (non-hydrogen) atoms. The summed E-state index contributed by atoms with van der Waals surface area (Å²) in [5, 5.41) is 5.23. The zero-order valence-corrected chi connectivity index (χ0v) is 15.4. The van der Waals surface area contributed by atoms with Gasteiger partial charge in [0, 0.05) is 48.1 Å². The normalized spacial score (nSPS) is 17.5. The predicted molar refractivity (Wildman–Crippen MR) is 106 cm³/mol. The molecule has 0 spiro atoms. The van der Waals surface area contributed by atoms with E-state index in [0.717, 1.165) is 47.7 Å². The number of benzene rings is 1. The molecular weight excluding hydrogens is 348 g/mol. The van der Waals surface area contributed by atoms with E-state index >= 15 is 0 Å². The van der Waals surface area contributed by atoms with Crippen molar-refractivity contribution in [2.75, 3.05) is 29.9 Å². The third-order valence-corrected chi connectivity index (χ3v) is 4.80. The number of nitrogens with one attached hydrogen (secondary N) is 1. The van der Waals surface area contributed by atoms with Gasteiger partial charge in [-0.15, -0.1) is 0 Å². The molecule has 0 unspecified atom stereocenters. The summed E-state index contributed by atoms with van der Waals surface area (Å²) in [6, 6.07) is 11.9. The van der Waals surface area contributed by atoms with Gasteiger partial charge in [0.25, 0.3) is 0 Å². The topological polar surface area (TPSA) is 50.3 Å². The molecule has 3 aromatic rings. The lowest BCUT2D eigenvalue weighted by Crippen LogP contribution is -2.41. The van der Waals surface area contributed by atoms with Gasteiger partial charge < -0.3 is 15.0 Å². The average molecular weight is 369 g/mol. The minimum absolute atomic E-state index is 0.250. The number of pyridine rings is 2. The SMILES string of the molecule is C[C@@H]1CN(c2ccc(CNc3ccnc4cc(Cl)ccc34)cn2)CCO1. The molecule has 2 aromatic heterocycles. The number of morpholine rings is 1. The Morgan fingerprint density at radius 1 is 1.23 bits per heavy atom. The Balaban J connectivity index is 1.45. The van der Waals surface area contributed by atoms with Gasteiger partial charge in [-0.3, -0.25) is 4.98 Å². The molecule has 0 saturated carbocycles. The van der Waals surface area contributed by atoms with Crippen molar-refractivity contribution < 1.29 is 4.74 Å². The molecule has 6 heteroatoms. The van der Waals surface area contributed by atoms with Gasteiger partial charge in [0.15, 0.2) is 0 Å². The van der Waals surface area contributed by atoms with Crippen LogP contribution >= 0.6 is 11.6 Å². The van der Waals surface area contributed by atoms with Crippen molar-refractivity contribution in [1.82, 2.24) is 9.97 Å². The van der Waals surface area contributed by atoms with Crippen LogP contribution in [0.1, 0.15) is 12.5 Å². The number of halogens is 1. The quantitative estimate of drug-likeness (QED) is 0.750. The molecule has 1 atom stereocenters. The van der Waals surface area contributed by atoms with Crippen molar-refractivity contribution in [2.45, 2.75) is 19.6 Å². The predicted octanol–water partition coefficient (Wildman–Crippen LogP) is 4.12. The minimum Gasteiger partial charge on any atom is -0.380 e. The zero-order chi connectivity index (χ0) is 17.9. The number of hydrogen-bond acceptors (Lipinski definition) is 5. The molecule has 1 fully saturated rings. The van der Waals surface area contributed by atoms with Crippen LogP contribution in [0.4, 0.5) is 11.5 Å². The first-order valence-corrected chi connectivity index (χ1v) is 9.16. The average Bonchev–Trinajstić information content (AvgIpc) is 2.66. The number of anilines is 2. The highest BCUT2D eigenvalue weighted by Crippen LogP contribution is 2.25. The number of hydrogen-bond donors (Lipinski definition) is 1. The number of fused-ring (bicyclic) bond motifs is 1. The maximum absolute atomic E-state index is 6.05. The van der Waals surface area contributed by atoms with Gasteiger partial charge in [-0.1, -0.05) is 17.7 Å². The standard InChI is InChI=1S/C20H21ClN4O/c1-14-13-25(8-9-26-14)20-5-2-15(12-24-20)11-23-18-6-7-22-19-10-16(21)3-4-17(18)19/h2-7,10,12,14H,8-9,11,13H2,1H3,(H,22,23)/t14-/m1/s1. The van der Waals surface area contributed by atoms with E-state index < -0.39 is 0 Å². The Hall–Kier alpha value is -2.37. The molecule has 134 valence electrons. The van der Waals surface area contributed by atoms with Crippen LogP contribution in [0.25, 0.3) is 10.9 Å². The first kappa shape index (κ1) is 17.1. The molecule has 0 aliphatic carbocycles. The fraction of sp³-hybridized carbons (Fsp3) is 0.300. The summed E-state index contributed by atoms with van der Waals surface area (Å²) in [6.45, 7) is 5.33. The monoisotopic (exact) mass is 368 g/mol. The first-order chi connectivity index (χ1) is 12.7. The molecule has 4 rings (SSSR count). The van der Waals surface area contributed by atoms with Gasteiger partial charge in [0.05, 0.1) is 18.2 Å². The zero-order valence-electron chi connectivity index (χ0n) is 14.7. The Bertz CT molecular complexity index is 900. The molecule has 1 aromatic carbocycles. The van der Waals surface area contributed by atoms with Gasteiger partial charge in [-0.2, -0.15) is 0 Å². The molecule has 5 nitrogen and oxygen atoms in total. The lowest BCUT2D eigenvalue weighted by Gasteiger charge is -2.32. The third kappa shape index (κ3) is 3.74.